The molecule has 0 bridgehead atoms. The molecule has 2 N–H and O–H groups in total. The van der Waals surface area contributed by atoms with Gasteiger partial charge in [0.1, 0.15) is 0 Å². The van der Waals surface area contributed by atoms with Gasteiger partial charge >= 0.3 is 0 Å². The Kier molecular flexibility index (Phi) is 4.67. The third kappa shape index (κ3) is 4.14. The van der Waals surface area contributed by atoms with Crippen LogP contribution in [-0.2, 0) is 10.0 Å². The molecular weight excluding hydrogens is 364 g/mol. The number of benzene rings is 1. The Morgan fingerprint density at radius 3 is 2.56 bits per heavy atom. The van der Waals surface area contributed by atoms with Gasteiger partial charge in [0.05, 0.1) is 4.90 Å². The minimum Gasteiger partial charge on any atom is -0.321 e. The molecule has 0 unspecified atom stereocenters. The number of nitrogens with one attached hydrogen (secondary N) is 2. The number of hydrogen-bond donors (Lipinski definition) is 2. The fourth-order valence-electron chi connectivity index (χ4n) is 1.85. The van der Waals surface area contributed by atoms with Gasteiger partial charge in [-0.25, -0.2) is 23.1 Å². The predicted molar refractivity (Wildman–Crippen MR) is 91.9 cm³/mol. The topological polar surface area (TPSA) is 127 Å². The fourth-order valence-corrected chi connectivity index (χ4v) is 3.24. The van der Waals surface area contributed by atoms with Crippen LogP contribution >= 0.6 is 11.5 Å². The zero-order valence-electron chi connectivity index (χ0n) is 12.9. The van der Waals surface area contributed by atoms with Crippen LogP contribution in [0.2, 0.25) is 0 Å². The van der Waals surface area contributed by atoms with Crippen molar-refractivity contribution in [1.29, 1.82) is 0 Å². The quantitative estimate of drug-likeness (QED) is 0.693. The van der Waals surface area contributed by atoms with Crippen LogP contribution in [0.3, 0.4) is 0 Å². The van der Waals surface area contributed by atoms with Crippen molar-refractivity contribution in [2.45, 2.75) is 11.8 Å². The lowest BCUT2D eigenvalue weighted by atomic mass is 10.3. The van der Waals surface area contributed by atoms with E-state index in [1.165, 1.54) is 35.8 Å². The maximum atomic E-state index is 12.3. The average Bonchev–Trinajstić information content (AvgIpc) is 3.09. The highest BCUT2D eigenvalue weighted by Crippen LogP contribution is 2.17. The Morgan fingerprint density at radius 2 is 1.92 bits per heavy atom. The van der Waals surface area contributed by atoms with Crippen LogP contribution in [-0.4, -0.2) is 33.9 Å². The second-order valence-corrected chi connectivity index (χ2v) is 7.19. The van der Waals surface area contributed by atoms with Crippen molar-refractivity contribution in [3.63, 3.8) is 0 Å². The van der Waals surface area contributed by atoms with E-state index in [1.807, 2.05) is 0 Å². The first-order chi connectivity index (χ1) is 11.9. The Balaban J connectivity index is 1.73. The summed E-state index contributed by atoms with van der Waals surface area (Å²) in [5.41, 5.74) is 1.27. The summed E-state index contributed by atoms with van der Waals surface area (Å²) in [7, 11) is -3.83. The largest absolute Gasteiger partial charge is 0.321 e. The van der Waals surface area contributed by atoms with E-state index in [4.69, 9.17) is 0 Å². The number of rotatable bonds is 5. The number of aryl methyl sites for hydroxylation is 1. The van der Waals surface area contributed by atoms with E-state index in [0.29, 0.717) is 11.4 Å². The van der Waals surface area contributed by atoms with Gasteiger partial charge in [-0.2, -0.15) is 0 Å². The summed E-state index contributed by atoms with van der Waals surface area (Å²) < 4.78 is 30.6. The first-order valence-electron chi connectivity index (χ1n) is 6.95. The molecule has 0 radical (unpaired) electrons. The molecule has 0 aliphatic carbocycles. The summed E-state index contributed by atoms with van der Waals surface area (Å²) in [6.07, 6.45) is 1.46. The van der Waals surface area contributed by atoms with E-state index >= 15 is 0 Å². The van der Waals surface area contributed by atoms with Crippen molar-refractivity contribution < 1.29 is 13.2 Å². The molecule has 0 atom stereocenters. The van der Waals surface area contributed by atoms with Crippen LogP contribution < -0.4 is 10.0 Å². The summed E-state index contributed by atoms with van der Waals surface area (Å²) >= 11 is 1.06. The monoisotopic (exact) mass is 376 g/mol. The number of aromatic nitrogens is 4. The van der Waals surface area contributed by atoms with Crippen molar-refractivity contribution in [2.75, 3.05) is 10.0 Å². The second-order valence-electron chi connectivity index (χ2n) is 4.90. The molecule has 128 valence electrons. The van der Waals surface area contributed by atoms with E-state index in [0.717, 1.165) is 11.5 Å². The second kappa shape index (κ2) is 6.91. The predicted octanol–water partition coefficient (Wildman–Crippen LogP) is 1.69. The molecule has 0 spiro atoms. The van der Waals surface area contributed by atoms with Gasteiger partial charge in [-0.3, -0.25) is 4.79 Å². The third-order valence-corrected chi connectivity index (χ3v) is 4.88. The van der Waals surface area contributed by atoms with Gasteiger partial charge in [0, 0.05) is 23.0 Å². The van der Waals surface area contributed by atoms with Crippen molar-refractivity contribution in [3.8, 4) is 0 Å². The Hall–Kier alpha value is -2.92. The van der Waals surface area contributed by atoms with E-state index in [1.54, 1.807) is 13.0 Å². The summed E-state index contributed by atoms with van der Waals surface area (Å²) in [6.45, 7) is 1.73. The van der Waals surface area contributed by atoms with Crippen molar-refractivity contribution in [1.82, 2.24) is 19.6 Å². The number of amides is 1. The molecule has 0 saturated carbocycles. The molecule has 0 aliphatic rings. The molecule has 0 saturated heterocycles. The summed E-state index contributed by atoms with van der Waals surface area (Å²) in [4.78, 5) is 19.8. The highest BCUT2D eigenvalue weighted by atomic mass is 32.2. The molecule has 1 amide bonds. The summed E-state index contributed by atoms with van der Waals surface area (Å²) in [5, 5.41) is 7.78. The minimum atomic E-state index is -3.83. The molecular formula is C14H12N6O3S2. The van der Waals surface area contributed by atoms with Crippen LogP contribution in [0.25, 0.3) is 0 Å². The van der Waals surface area contributed by atoms with Gasteiger partial charge in [-0.1, -0.05) is 4.49 Å². The van der Waals surface area contributed by atoms with Crippen LogP contribution in [0.5, 0.6) is 0 Å². The summed E-state index contributed by atoms with van der Waals surface area (Å²) in [6, 6.07) is 7.35. The van der Waals surface area contributed by atoms with Gasteiger partial charge in [0.15, 0.2) is 5.69 Å². The molecule has 0 aliphatic heterocycles. The summed E-state index contributed by atoms with van der Waals surface area (Å²) in [5.74, 6) is -0.427. The third-order valence-electron chi connectivity index (χ3n) is 3.04. The van der Waals surface area contributed by atoms with E-state index in [-0.39, 0.29) is 16.5 Å². The Morgan fingerprint density at radius 1 is 1.16 bits per heavy atom. The molecule has 9 nitrogen and oxygen atoms in total. The van der Waals surface area contributed by atoms with E-state index in [9.17, 15) is 13.2 Å². The molecule has 11 heteroatoms. The zero-order valence-corrected chi connectivity index (χ0v) is 14.5. The number of carbonyl (C=O) groups excluding carboxylic acids is 1. The highest BCUT2D eigenvalue weighted by molar-refractivity contribution is 7.92. The normalized spacial score (nSPS) is 11.1. The van der Waals surface area contributed by atoms with E-state index in [2.05, 4.69) is 29.6 Å². The molecule has 1 aromatic carbocycles. The van der Waals surface area contributed by atoms with Crippen molar-refractivity contribution in [2.24, 2.45) is 0 Å². The number of sulfonamides is 1. The van der Waals surface area contributed by atoms with Crippen molar-refractivity contribution >= 4 is 39.1 Å². The molecule has 2 heterocycles. The zero-order chi connectivity index (χ0) is 17.9. The van der Waals surface area contributed by atoms with Crippen LogP contribution in [0.4, 0.5) is 11.6 Å². The molecule has 2 aromatic heterocycles. The maximum absolute atomic E-state index is 12.3. The maximum Gasteiger partial charge on any atom is 0.277 e. The fraction of sp³-hybridized carbons (Fsp3) is 0.0714. The van der Waals surface area contributed by atoms with Crippen molar-refractivity contribution in [3.05, 3.63) is 53.3 Å². The molecule has 3 rings (SSSR count). The molecule has 25 heavy (non-hydrogen) atoms. The molecule has 3 aromatic rings. The van der Waals surface area contributed by atoms with Gasteiger partial charge in [0.2, 0.25) is 5.95 Å². The Labute approximate surface area is 147 Å². The van der Waals surface area contributed by atoms with E-state index < -0.39 is 15.9 Å². The van der Waals surface area contributed by atoms with Gasteiger partial charge in [0.25, 0.3) is 15.9 Å². The number of carbonyl (C=O) groups is 1. The Bertz CT molecular complexity index is 988. The lowest BCUT2D eigenvalue weighted by Crippen LogP contribution is -2.16. The first-order valence-corrected chi connectivity index (χ1v) is 9.27. The lowest BCUT2D eigenvalue weighted by Gasteiger charge is -2.08. The highest BCUT2D eigenvalue weighted by Gasteiger charge is 2.16. The number of anilines is 2. The average molecular weight is 376 g/mol. The SMILES string of the molecule is Cc1ccnc(NS(=O)(=O)c2ccc(NC(=O)c3csnn3)cc2)n1. The van der Waals surface area contributed by atoms with Gasteiger partial charge in [-0.15, -0.1) is 5.10 Å². The minimum absolute atomic E-state index is 0.00610. The number of hydrogen-bond acceptors (Lipinski definition) is 8. The standard InChI is InChI=1S/C14H12N6O3S2/c1-9-6-7-15-14(16-9)19-25(22,23)11-4-2-10(3-5-11)17-13(21)12-8-24-20-18-12/h2-8H,1H3,(H,17,21)(H,15,16,19). The van der Waals surface area contributed by atoms with Crippen LogP contribution in [0.15, 0.2) is 46.8 Å². The van der Waals surface area contributed by atoms with Gasteiger partial charge in [-0.05, 0) is 48.8 Å². The molecule has 0 fully saturated rings. The lowest BCUT2D eigenvalue weighted by molar-refractivity contribution is 0.102. The number of nitrogens with zero attached hydrogens (tertiary/aromatic N) is 4. The smallest absolute Gasteiger partial charge is 0.277 e. The first kappa shape index (κ1) is 16.9. The van der Waals surface area contributed by atoms with Gasteiger partial charge < -0.3 is 5.32 Å². The van der Waals surface area contributed by atoms with Crippen LogP contribution in [0.1, 0.15) is 16.2 Å². The van der Waals surface area contributed by atoms with Crippen LogP contribution in [0, 0.1) is 6.92 Å².